The zero-order valence-corrected chi connectivity index (χ0v) is 16.7. The van der Waals surface area contributed by atoms with Gasteiger partial charge >= 0.3 is 0 Å². The van der Waals surface area contributed by atoms with E-state index in [2.05, 4.69) is 15.3 Å². The van der Waals surface area contributed by atoms with E-state index < -0.39 is 0 Å². The van der Waals surface area contributed by atoms with Crippen molar-refractivity contribution in [2.45, 2.75) is 6.92 Å². The number of halogens is 1. The minimum atomic E-state index is -0.262. The summed E-state index contributed by atoms with van der Waals surface area (Å²) in [6.07, 6.45) is 5.26. The molecule has 5 nitrogen and oxygen atoms in total. The Hall–Kier alpha value is -4.19. The van der Waals surface area contributed by atoms with E-state index in [0.29, 0.717) is 17.5 Å². The molecule has 1 N–H and O–H groups in total. The molecular weight excluding hydrogens is 389 g/mol. The summed E-state index contributed by atoms with van der Waals surface area (Å²) in [5.74, 6) is 1.64. The molecule has 6 heteroatoms. The number of fused-ring (bicyclic) bond motifs is 1. The van der Waals surface area contributed by atoms with Gasteiger partial charge in [0.2, 0.25) is 0 Å². The Bertz CT molecular complexity index is 1350. The lowest BCUT2D eigenvalue weighted by Gasteiger charge is -2.12. The van der Waals surface area contributed by atoms with Gasteiger partial charge in [-0.15, -0.1) is 0 Å². The zero-order chi connectivity index (χ0) is 21.2. The van der Waals surface area contributed by atoms with Crippen LogP contribution < -0.4 is 5.32 Å². The number of pyridine rings is 2. The Kier molecular flexibility index (Phi) is 4.80. The summed E-state index contributed by atoms with van der Waals surface area (Å²) in [5, 5.41) is 4.17. The first-order valence-corrected chi connectivity index (χ1v) is 9.83. The smallest absolute Gasteiger partial charge is 0.163 e. The fourth-order valence-electron chi connectivity index (χ4n) is 3.33. The highest BCUT2D eigenvalue weighted by molar-refractivity contribution is 5.95. The minimum absolute atomic E-state index is 0.262. The third-order valence-electron chi connectivity index (χ3n) is 4.95. The molecule has 0 atom stereocenters. The van der Waals surface area contributed by atoms with E-state index in [4.69, 9.17) is 9.97 Å². The molecule has 0 radical (unpaired) electrons. The van der Waals surface area contributed by atoms with Gasteiger partial charge in [-0.05, 0) is 66.1 Å². The van der Waals surface area contributed by atoms with E-state index in [9.17, 15) is 4.39 Å². The molecule has 0 amide bonds. The van der Waals surface area contributed by atoms with Crippen LogP contribution in [-0.4, -0.2) is 19.9 Å². The van der Waals surface area contributed by atoms with Crippen LogP contribution in [0.5, 0.6) is 0 Å². The molecule has 150 valence electrons. The SMILES string of the molecule is Cc1ccc(Nc2nc(-c3cccnc3)nc3ccc(-c4ccc(F)cc4)cc23)nc1. The normalized spacial score (nSPS) is 10.9. The molecular formula is C25H18FN5. The second kappa shape index (κ2) is 7.91. The fraction of sp³-hybridized carbons (Fsp3) is 0.0400. The van der Waals surface area contributed by atoms with E-state index in [-0.39, 0.29) is 5.82 Å². The maximum absolute atomic E-state index is 13.4. The van der Waals surface area contributed by atoms with E-state index in [1.165, 1.54) is 12.1 Å². The van der Waals surface area contributed by atoms with Gasteiger partial charge in [0.15, 0.2) is 5.82 Å². The van der Waals surface area contributed by atoms with E-state index in [1.807, 2.05) is 49.4 Å². The molecule has 0 bridgehead atoms. The molecule has 5 aromatic rings. The largest absolute Gasteiger partial charge is 0.324 e. The topological polar surface area (TPSA) is 63.6 Å². The molecule has 0 saturated carbocycles. The molecule has 0 fully saturated rings. The molecule has 3 heterocycles. The molecule has 0 aliphatic heterocycles. The summed E-state index contributed by atoms with van der Waals surface area (Å²) in [6, 6.07) is 20.0. The van der Waals surface area contributed by atoms with Crippen molar-refractivity contribution in [2.75, 3.05) is 5.32 Å². The number of hydrogen-bond donors (Lipinski definition) is 1. The second-order valence-corrected chi connectivity index (χ2v) is 7.22. The molecule has 3 aromatic heterocycles. The summed E-state index contributed by atoms with van der Waals surface area (Å²) in [6.45, 7) is 1.99. The Balaban J connectivity index is 1.67. The number of hydrogen-bond acceptors (Lipinski definition) is 5. The molecule has 0 unspecified atom stereocenters. The summed E-state index contributed by atoms with van der Waals surface area (Å²) < 4.78 is 13.4. The van der Waals surface area contributed by atoms with Crippen LogP contribution in [0.25, 0.3) is 33.4 Å². The second-order valence-electron chi connectivity index (χ2n) is 7.22. The average molecular weight is 407 g/mol. The monoisotopic (exact) mass is 407 g/mol. The molecule has 5 rings (SSSR count). The zero-order valence-electron chi connectivity index (χ0n) is 16.7. The summed E-state index contributed by atoms with van der Waals surface area (Å²) in [5.41, 5.74) is 4.55. The highest BCUT2D eigenvalue weighted by Gasteiger charge is 2.12. The number of aromatic nitrogens is 4. The summed E-state index contributed by atoms with van der Waals surface area (Å²) >= 11 is 0. The highest BCUT2D eigenvalue weighted by atomic mass is 19.1. The van der Waals surface area contributed by atoms with Gasteiger partial charge in [-0.1, -0.05) is 24.3 Å². The average Bonchev–Trinajstić information content (AvgIpc) is 2.81. The number of anilines is 2. The van der Waals surface area contributed by atoms with Crippen LogP contribution in [0, 0.1) is 12.7 Å². The van der Waals surface area contributed by atoms with Crippen molar-refractivity contribution in [3.05, 3.63) is 96.7 Å². The predicted molar refractivity (Wildman–Crippen MR) is 120 cm³/mol. The van der Waals surface area contributed by atoms with Gasteiger partial charge in [-0.3, -0.25) is 4.98 Å². The van der Waals surface area contributed by atoms with Crippen LogP contribution in [0.3, 0.4) is 0 Å². The maximum atomic E-state index is 13.4. The van der Waals surface area contributed by atoms with Gasteiger partial charge in [-0.25, -0.2) is 19.3 Å². The summed E-state index contributed by atoms with van der Waals surface area (Å²) in [4.78, 5) is 18.1. The third kappa shape index (κ3) is 3.96. The first-order valence-electron chi connectivity index (χ1n) is 9.83. The van der Waals surface area contributed by atoms with Crippen molar-refractivity contribution in [3.63, 3.8) is 0 Å². The molecule has 2 aromatic carbocycles. The lowest BCUT2D eigenvalue weighted by molar-refractivity contribution is 0.628. The van der Waals surface area contributed by atoms with Gasteiger partial charge in [0.25, 0.3) is 0 Å². The standard InChI is InChI=1S/C25H18FN5/c1-16-4-11-23(28-14-16)30-25-21-13-18(17-5-8-20(26)9-6-17)7-10-22(21)29-24(31-25)19-3-2-12-27-15-19/h2-15H,1H3,(H,28,29,30,31). The van der Waals surface area contributed by atoms with Crippen LogP contribution >= 0.6 is 0 Å². The molecule has 0 spiro atoms. The number of benzene rings is 2. The first kappa shape index (κ1) is 18.8. The van der Waals surface area contributed by atoms with Crippen molar-refractivity contribution in [3.8, 4) is 22.5 Å². The molecule has 0 saturated heterocycles. The first-order chi connectivity index (χ1) is 15.2. The minimum Gasteiger partial charge on any atom is -0.324 e. The molecule has 0 aliphatic rings. The van der Waals surface area contributed by atoms with E-state index >= 15 is 0 Å². The van der Waals surface area contributed by atoms with Crippen LogP contribution in [0.15, 0.2) is 85.3 Å². The number of nitrogens with zero attached hydrogens (tertiary/aromatic N) is 4. The van der Waals surface area contributed by atoms with Crippen LogP contribution in [-0.2, 0) is 0 Å². The lowest BCUT2D eigenvalue weighted by atomic mass is 10.0. The van der Waals surface area contributed by atoms with Crippen molar-refractivity contribution < 1.29 is 4.39 Å². The van der Waals surface area contributed by atoms with Crippen molar-refractivity contribution >= 4 is 22.5 Å². The lowest BCUT2D eigenvalue weighted by Crippen LogP contribution is -2.01. The Morgan fingerprint density at radius 2 is 1.65 bits per heavy atom. The Morgan fingerprint density at radius 3 is 2.39 bits per heavy atom. The van der Waals surface area contributed by atoms with Gasteiger partial charge < -0.3 is 5.32 Å². The number of aryl methyl sites for hydroxylation is 1. The van der Waals surface area contributed by atoms with Crippen molar-refractivity contribution in [2.24, 2.45) is 0 Å². The maximum Gasteiger partial charge on any atom is 0.163 e. The van der Waals surface area contributed by atoms with E-state index in [1.54, 1.807) is 30.7 Å². The van der Waals surface area contributed by atoms with E-state index in [0.717, 1.165) is 33.2 Å². The van der Waals surface area contributed by atoms with Crippen molar-refractivity contribution in [1.82, 2.24) is 19.9 Å². The number of nitrogens with one attached hydrogen (secondary N) is 1. The molecule has 31 heavy (non-hydrogen) atoms. The predicted octanol–water partition coefficient (Wildman–Crippen LogP) is 5.94. The quantitative estimate of drug-likeness (QED) is 0.399. The van der Waals surface area contributed by atoms with Gasteiger partial charge in [-0.2, -0.15) is 0 Å². The van der Waals surface area contributed by atoms with Gasteiger partial charge in [0.05, 0.1) is 5.52 Å². The summed E-state index contributed by atoms with van der Waals surface area (Å²) in [7, 11) is 0. The van der Waals surface area contributed by atoms with Crippen LogP contribution in [0.1, 0.15) is 5.56 Å². The highest BCUT2D eigenvalue weighted by Crippen LogP contribution is 2.31. The Labute approximate surface area is 178 Å². The molecule has 0 aliphatic carbocycles. The Morgan fingerprint density at radius 1 is 0.806 bits per heavy atom. The van der Waals surface area contributed by atoms with Crippen LogP contribution in [0.2, 0.25) is 0 Å². The third-order valence-corrected chi connectivity index (χ3v) is 4.95. The number of rotatable bonds is 4. The fourth-order valence-corrected chi connectivity index (χ4v) is 3.33. The van der Waals surface area contributed by atoms with Crippen LogP contribution in [0.4, 0.5) is 16.0 Å². The van der Waals surface area contributed by atoms with Gasteiger partial charge in [0.1, 0.15) is 17.5 Å². The van der Waals surface area contributed by atoms with Crippen molar-refractivity contribution in [1.29, 1.82) is 0 Å². The van der Waals surface area contributed by atoms with Gasteiger partial charge in [0, 0.05) is 29.5 Å².